The quantitative estimate of drug-likeness (QED) is 0.650. The summed E-state index contributed by atoms with van der Waals surface area (Å²) in [5.74, 6) is 0. The summed E-state index contributed by atoms with van der Waals surface area (Å²) in [6, 6.07) is 5.23. The lowest BCUT2D eigenvalue weighted by Crippen LogP contribution is -1.87. The van der Waals surface area contributed by atoms with Gasteiger partial charge in [0, 0.05) is 12.4 Å². The molecule has 0 unspecified atom stereocenters. The number of hydrogen-bond acceptors (Lipinski definition) is 3. The summed E-state index contributed by atoms with van der Waals surface area (Å²) >= 11 is 0. The molecule has 0 aliphatic heterocycles. The minimum Gasteiger partial charge on any atom is -0.268 e. The molecule has 0 fully saturated rings. The van der Waals surface area contributed by atoms with E-state index in [9.17, 15) is 4.91 Å². The highest BCUT2D eigenvalue weighted by Gasteiger charge is 1.99. The lowest BCUT2D eigenvalue weighted by molar-refractivity contribution is 0.797. The van der Waals surface area contributed by atoms with E-state index in [1.54, 1.807) is 23.0 Å². The van der Waals surface area contributed by atoms with Crippen LogP contribution >= 0.6 is 0 Å². The van der Waals surface area contributed by atoms with Crippen molar-refractivity contribution in [3.05, 3.63) is 29.3 Å². The first-order valence-corrected chi connectivity index (χ1v) is 4.56. The van der Waals surface area contributed by atoms with Gasteiger partial charge >= 0.3 is 0 Å². The van der Waals surface area contributed by atoms with E-state index >= 15 is 0 Å². The molecule has 0 aliphatic carbocycles. The van der Waals surface area contributed by atoms with Crippen molar-refractivity contribution >= 4 is 16.6 Å². The van der Waals surface area contributed by atoms with Gasteiger partial charge in [-0.25, -0.2) is 0 Å². The van der Waals surface area contributed by atoms with Crippen molar-refractivity contribution in [2.45, 2.75) is 13.8 Å². The molecule has 0 radical (unpaired) electrons. The van der Waals surface area contributed by atoms with E-state index in [4.69, 9.17) is 0 Å². The van der Waals surface area contributed by atoms with Gasteiger partial charge in [0.25, 0.3) is 0 Å². The summed E-state index contributed by atoms with van der Waals surface area (Å²) in [5.41, 5.74) is 1.44. The molecule has 2 aromatic rings. The number of hydrogen-bond donors (Lipinski definition) is 0. The fourth-order valence-corrected chi connectivity index (χ4v) is 1.21. The van der Waals surface area contributed by atoms with Crippen LogP contribution < -0.4 is 0 Å². The predicted octanol–water partition coefficient (Wildman–Crippen LogP) is 3.00. The summed E-state index contributed by atoms with van der Waals surface area (Å²) in [7, 11) is 1.86. The number of rotatable bonds is 1. The Balaban J connectivity index is 0.000000461. The van der Waals surface area contributed by atoms with Gasteiger partial charge in [0.1, 0.15) is 5.69 Å². The molecule has 4 heteroatoms. The highest BCUT2D eigenvalue weighted by molar-refractivity contribution is 5.81. The summed E-state index contributed by atoms with van der Waals surface area (Å²) < 4.78 is 1.75. The van der Waals surface area contributed by atoms with Crippen LogP contribution in [0.4, 0.5) is 5.69 Å². The van der Waals surface area contributed by atoms with Gasteiger partial charge in [-0.1, -0.05) is 13.8 Å². The van der Waals surface area contributed by atoms with Crippen molar-refractivity contribution in [2.75, 3.05) is 0 Å². The number of fused-ring (bicyclic) bond motifs is 1. The minimum atomic E-state index is 0.440. The van der Waals surface area contributed by atoms with Gasteiger partial charge in [-0.3, -0.25) is 4.68 Å². The Morgan fingerprint density at radius 2 is 2.07 bits per heavy atom. The van der Waals surface area contributed by atoms with Crippen LogP contribution in [-0.2, 0) is 7.05 Å². The molecule has 0 saturated heterocycles. The van der Waals surface area contributed by atoms with Crippen molar-refractivity contribution in [3.63, 3.8) is 0 Å². The SMILES string of the molecule is CC.Cn1ncc2cc(N=O)ccc21. The molecule has 2 rings (SSSR count). The van der Waals surface area contributed by atoms with Crippen LogP contribution in [0.5, 0.6) is 0 Å². The second kappa shape index (κ2) is 4.50. The van der Waals surface area contributed by atoms with E-state index in [-0.39, 0.29) is 0 Å². The Hall–Kier alpha value is -1.71. The molecule has 1 aromatic heterocycles. The first-order valence-electron chi connectivity index (χ1n) is 4.56. The standard InChI is InChI=1S/C8H7N3O.C2H6/c1-11-8-3-2-7(10-12)4-6(8)5-9-11;1-2/h2-5H,1H3;1-2H3. The summed E-state index contributed by atoms with van der Waals surface area (Å²) in [4.78, 5) is 10.2. The number of aromatic nitrogens is 2. The van der Waals surface area contributed by atoms with Crippen LogP contribution in [0.3, 0.4) is 0 Å². The van der Waals surface area contributed by atoms with Gasteiger partial charge in [0.05, 0.1) is 11.7 Å². The number of aryl methyl sites for hydroxylation is 1. The average Bonchev–Trinajstić information content (AvgIpc) is 2.63. The molecule has 0 amide bonds. The van der Waals surface area contributed by atoms with E-state index in [0.717, 1.165) is 10.9 Å². The van der Waals surface area contributed by atoms with E-state index in [2.05, 4.69) is 10.3 Å². The Morgan fingerprint density at radius 3 is 2.71 bits per heavy atom. The van der Waals surface area contributed by atoms with E-state index in [0.29, 0.717) is 5.69 Å². The monoisotopic (exact) mass is 191 g/mol. The molecule has 0 aliphatic rings. The fourth-order valence-electron chi connectivity index (χ4n) is 1.21. The van der Waals surface area contributed by atoms with Crippen molar-refractivity contribution in [1.82, 2.24) is 9.78 Å². The topological polar surface area (TPSA) is 47.2 Å². The third-order valence-electron chi connectivity index (χ3n) is 1.84. The third kappa shape index (κ3) is 1.79. The normalized spacial score (nSPS) is 9.36. The van der Waals surface area contributed by atoms with Crippen molar-refractivity contribution < 1.29 is 0 Å². The summed E-state index contributed by atoms with van der Waals surface area (Å²) in [6.07, 6.45) is 1.71. The lowest BCUT2D eigenvalue weighted by Gasteiger charge is -1.92. The zero-order valence-electron chi connectivity index (χ0n) is 8.56. The smallest absolute Gasteiger partial charge is 0.108 e. The van der Waals surface area contributed by atoms with Crippen LogP contribution in [-0.4, -0.2) is 9.78 Å². The average molecular weight is 191 g/mol. The van der Waals surface area contributed by atoms with Crippen LogP contribution in [0.1, 0.15) is 13.8 Å². The van der Waals surface area contributed by atoms with Crippen molar-refractivity contribution in [2.24, 2.45) is 12.2 Å². The van der Waals surface area contributed by atoms with Crippen LogP contribution in [0.15, 0.2) is 29.6 Å². The maximum Gasteiger partial charge on any atom is 0.108 e. The van der Waals surface area contributed by atoms with Gasteiger partial charge < -0.3 is 0 Å². The molecule has 74 valence electrons. The van der Waals surface area contributed by atoms with Gasteiger partial charge in [-0.2, -0.15) is 5.10 Å². The molecule has 4 nitrogen and oxygen atoms in total. The van der Waals surface area contributed by atoms with Crippen molar-refractivity contribution in [1.29, 1.82) is 0 Å². The molecule has 1 aromatic carbocycles. The van der Waals surface area contributed by atoms with Crippen LogP contribution in [0, 0.1) is 4.91 Å². The molecule has 0 spiro atoms. The molecule has 0 saturated carbocycles. The largest absolute Gasteiger partial charge is 0.268 e. The number of nitroso groups, excluding NO2 is 1. The summed E-state index contributed by atoms with van der Waals surface area (Å²) in [5, 5.41) is 7.83. The lowest BCUT2D eigenvalue weighted by atomic mass is 10.2. The molecule has 0 atom stereocenters. The van der Waals surface area contributed by atoms with Crippen LogP contribution in [0.25, 0.3) is 10.9 Å². The Morgan fingerprint density at radius 1 is 1.36 bits per heavy atom. The van der Waals surface area contributed by atoms with E-state index in [1.807, 2.05) is 27.0 Å². The van der Waals surface area contributed by atoms with Gasteiger partial charge in [-0.15, -0.1) is 4.91 Å². The van der Waals surface area contributed by atoms with Crippen molar-refractivity contribution in [3.8, 4) is 0 Å². The predicted molar refractivity (Wildman–Crippen MR) is 57.5 cm³/mol. The first-order chi connectivity index (χ1) is 6.81. The second-order valence-corrected chi connectivity index (χ2v) is 2.60. The number of benzene rings is 1. The highest BCUT2D eigenvalue weighted by atomic mass is 16.3. The van der Waals surface area contributed by atoms with Gasteiger partial charge in [0.2, 0.25) is 0 Å². The third-order valence-corrected chi connectivity index (χ3v) is 1.84. The van der Waals surface area contributed by atoms with E-state index in [1.165, 1.54) is 0 Å². The Kier molecular flexibility index (Phi) is 3.34. The zero-order chi connectivity index (χ0) is 10.6. The first kappa shape index (κ1) is 10.4. The van der Waals surface area contributed by atoms with E-state index < -0.39 is 0 Å². The second-order valence-electron chi connectivity index (χ2n) is 2.60. The molecular formula is C10H13N3O. The molecule has 1 heterocycles. The minimum absolute atomic E-state index is 0.440. The number of nitrogens with zero attached hydrogens (tertiary/aromatic N) is 3. The molecule has 14 heavy (non-hydrogen) atoms. The van der Waals surface area contributed by atoms with Crippen LogP contribution in [0.2, 0.25) is 0 Å². The van der Waals surface area contributed by atoms with Gasteiger partial charge in [0.15, 0.2) is 0 Å². The molecule has 0 N–H and O–H groups in total. The molecule has 0 bridgehead atoms. The Labute approximate surface area is 82.5 Å². The maximum absolute atomic E-state index is 10.2. The highest BCUT2D eigenvalue weighted by Crippen LogP contribution is 2.19. The zero-order valence-corrected chi connectivity index (χ0v) is 8.56. The Bertz CT molecular complexity index is 434. The molecular weight excluding hydrogens is 178 g/mol. The summed E-state index contributed by atoms with van der Waals surface area (Å²) in [6.45, 7) is 4.00. The maximum atomic E-state index is 10.2. The van der Waals surface area contributed by atoms with Gasteiger partial charge in [-0.05, 0) is 23.4 Å². The fraction of sp³-hybridized carbons (Fsp3) is 0.300.